The van der Waals surface area contributed by atoms with Gasteiger partial charge < -0.3 is 10.0 Å². The zero-order valence-electron chi connectivity index (χ0n) is 9.54. The molecule has 16 heavy (non-hydrogen) atoms. The first-order valence-electron chi connectivity index (χ1n) is 4.99. The molecule has 6 heteroatoms. The lowest BCUT2D eigenvalue weighted by atomic mass is 10.2. The Balaban J connectivity index is 2.81. The van der Waals surface area contributed by atoms with Gasteiger partial charge in [0.25, 0.3) is 5.91 Å². The fraction of sp³-hybridized carbons (Fsp3) is 0.500. The largest absolute Gasteiger partial charge is 0.480 e. The lowest BCUT2D eigenvalue weighted by molar-refractivity contribution is -0.141. The summed E-state index contributed by atoms with van der Waals surface area (Å²) in [6.07, 6.45) is 3.05. The van der Waals surface area contributed by atoms with Gasteiger partial charge in [0.1, 0.15) is 6.04 Å². The maximum Gasteiger partial charge on any atom is 0.326 e. The van der Waals surface area contributed by atoms with E-state index >= 15 is 0 Å². The molecule has 6 nitrogen and oxygen atoms in total. The van der Waals surface area contributed by atoms with Crippen LogP contribution in [0.1, 0.15) is 24.2 Å². The molecule has 0 spiro atoms. The van der Waals surface area contributed by atoms with Gasteiger partial charge in [-0.1, -0.05) is 0 Å². The van der Waals surface area contributed by atoms with Crippen LogP contribution >= 0.6 is 0 Å². The van der Waals surface area contributed by atoms with Crippen molar-refractivity contribution in [3.8, 4) is 0 Å². The molecule has 88 valence electrons. The normalized spacial score (nSPS) is 12.2. The Kier molecular flexibility index (Phi) is 3.65. The van der Waals surface area contributed by atoms with Gasteiger partial charge in [0, 0.05) is 19.8 Å². The molecule has 1 N–H and O–H groups in total. The zero-order valence-corrected chi connectivity index (χ0v) is 9.54. The summed E-state index contributed by atoms with van der Waals surface area (Å²) in [6, 6.07) is -0.850. The van der Waals surface area contributed by atoms with Crippen LogP contribution in [-0.2, 0) is 11.3 Å². The predicted molar refractivity (Wildman–Crippen MR) is 57.1 cm³/mol. The SMILES string of the molecule is CCn1cc(C(=O)N(C)C(C)C(=O)O)cn1. The summed E-state index contributed by atoms with van der Waals surface area (Å²) < 4.78 is 1.62. The minimum absolute atomic E-state index is 0.338. The summed E-state index contributed by atoms with van der Waals surface area (Å²) in [4.78, 5) is 23.7. The van der Waals surface area contributed by atoms with Crippen molar-refractivity contribution in [1.82, 2.24) is 14.7 Å². The van der Waals surface area contributed by atoms with E-state index in [4.69, 9.17) is 5.11 Å². The van der Waals surface area contributed by atoms with Gasteiger partial charge >= 0.3 is 5.97 Å². The summed E-state index contributed by atoms with van der Waals surface area (Å²) in [5.41, 5.74) is 0.400. The second-order valence-electron chi connectivity index (χ2n) is 3.51. The third kappa shape index (κ3) is 2.39. The van der Waals surface area contributed by atoms with Crippen molar-refractivity contribution >= 4 is 11.9 Å². The second kappa shape index (κ2) is 4.78. The van der Waals surface area contributed by atoms with Crippen LogP contribution in [0.2, 0.25) is 0 Å². The number of amides is 1. The van der Waals surface area contributed by atoms with Crippen molar-refractivity contribution in [2.24, 2.45) is 0 Å². The number of likely N-dealkylation sites (N-methyl/N-ethyl adjacent to an activating group) is 1. The number of carbonyl (C=O) groups is 2. The molecule has 1 amide bonds. The summed E-state index contributed by atoms with van der Waals surface area (Å²) in [7, 11) is 1.46. The number of carbonyl (C=O) groups excluding carboxylic acids is 1. The molecule has 0 saturated carbocycles. The molecule has 0 saturated heterocycles. The van der Waals surface area contributed by atoms with E-state index in [2.05, 4.69) is 5.10 Å². The van der Waals surface area contributed by atoms with Crippen molar-refractivity contribution in [3.63, 3.8) is 0 Å². The van der Waals surface area contributed by atoms with Gasteiger partial charge in [0.2, 0.25) is 0 Å². The minimum atomic E-state index is -1.03. The molecule has 1 aromatic rings. The standard InChI is InChI=1S/C10H15N3O3/c1-4-13-6-8(5-11-13)9(14)12(3)7(2)10(15)16/h5-7H,4H2,1-3H3,(H,15,16). The van der Waals surface area contributed by atoms with Crippen LogP contribution in [-0.4, -0.2) is 44.8 Å². The van der Waals surface area contributed by atoms with Gasteiger partial charge in [-0.2, -0.15) is 5.10 Å². The fourth-order valence-electron chi connectivity index (χ4n) is 1.19. The van der Waals surface area contributed by atoms with E-state index in [9.17, 15) is 9.59 Å². The molecule has 1 aromatic heterocycles. The van der Waals surface area contributed by atoms with Crippen LogP contribution in [0.4, 0.5) is 0 Å². The summed E-state index contributed by atoms with van der Waals surface area (Å²) >= 11 is 0. The number of aliphatic carboxylic acids is 1. The molecular formula is C10H15N3O3. The number of aromatic nitrogens is 2. The van der Waals surface area contributed by atoms with Gasteiger partial charge in [-0.15, -0.1) is 0 Å². The van der Waals surface area contributed by atoms with E-state index < -0.39 is 12.0 Å². The molecule has 1 unspecified atom stereocenters. The molecule has 1 heterocycles. The van der Waals surface area contributed by atoms with Crippen molar-refractivity contribution in [3.05, 3.63) is 18.0 Å². The number of aryl methyl sites for hydroxylation is 1. The van der Waals surface area contributed by atoms with Crippen LogP contribution < -0.4 is 0 Å². The van der Waals surface area contributed by atoms with Gasteiger partial charge in [-0.25, -0.2) is 4.79 Å². The quantitative estimate of drug-likeness (QED) is 0.807. The average molecular weight is 225 g/mol. The first-order valence-corrected chi connectivity index (χ1v) is 4.99. The second-order valence-corrected chi connectivity index (χ2v) is 3.51. The molecule has 0 fully saturated rings. The Morgan fingerprint density at radius 1 is 1.62 bits per heavy atom. The topological polar surface area (TPSA) is 75.4 Å². The number of nitrogens with zero attached hydrogens (tertiary/aromatic N) is 3. The van der Waals surface area contributed by atoms with Crippen LogP contribution in [0.5, 0.6) is 0 Å². The van der Waals surface area contributed by atoms with Crippen LogP contribution in [0, 0.1) is 0 Å². The molecule has 1 atom stereocenters. The maximum atomic E-state index is 11.8. The first-order chi connectivity index (χ1) is 7.47. The number of hydrogen-bond acceptors (Lipinski definition) is 3. The Bertz CT molecular complexity index is 400. The molecule has 1 rings (SSSR count). The highest BCUT2D eigenvalue weighted by Gasteiger charge is 2.23. The van der Waals surface area contributed by atoms with E-state index in [0.29, 0.717) is 12.1 Å². The molecule has 0 radical (unpaired) electrons. The Morgan fingerprint density at radius 2 is 2.25 bits per heavy atom. The third-order valence-electron chi connectivity index (χ3n) is 2.46. The van der Waals surface area contributed by atoms with E-state index in [1.807, 2.05) is 6.92 Å². The van der Waals surface area contributed by atoms with E-state index in [0.717, 1.165) is 0 Å². The van der Waals surface area contributed by atoms with Gasteiger partial charge in [-0.05, 0) is 13.8 Å². The van der Waals surface area contributed by atoms with Crippen molar-refractivity contribution in [2.45, 2.75) is 26.4 Å². The molecule has 0 aliphatic carbocycles. The van der Waals surface area contributed by atoms with Crippen molar-refractivity contribution in [1.29, 1.82) is 0 Å². The monoisotopic (exact) mass is 225 g/mol. The summed E-state index contributed by atoms with van der Waals surface area (Å²) in [5, 5.41) is 12.7. The first kappa shape index (κ1) is 12.2. The maximum absolute atomic E-state index is 11.8. The fourth-order valence-corrected chi connectivity index (χ4v) is 1.19. The molecule has 0 aliphatic heterocycles. The average Bonchev–Trinajstić information content (AvgIpc) is 2.74. The van der Waals surface area contributed by atoms with Gasteiger partial charge in [0.05, 0.1) is 11.8 Å². The molecule has 0 bridgehead atoms. The van der Waals surface area contributed by atoms with Gasteiger partial charge in [0.15, 0.2) is 0 Å². The Morgan fingerprint density at radius 3 is 2.69 bits per heavy atom. The lowest BCUT2D eigenvalue weighted by Gasteiger charge is -2.20. The Labute approximate surface area is 93.5 Å². The zero-order chi connectivity index (χ0) is 12.3. The molecule has 0 aliphatic rings. The highest BCUT2D eigenvalue weighted by Crippen LogP contribution is 2.06. The predicted octanol–water partition coefficient (Wildman–Crippen LogP) is 0.448. The minimum Gasteiger partial charge on any atom is -0.480 e. The highest BCUT2D eigenvalue weighted by atomic mass is 16.4. The van der Waals surface area contributed by atoms with Crippen molar-refractivity contribution in [2.75, 3.05) is 7.05 Å². The molecule has 0 aromatic carbocycles. The van der Waals surface area contributed by atoms with Crippen LogP contribution in [0.25, 0.3) is 0 Å². The molecular weight excluding hydrogens is 210 g/mol. The van der Waals surface area contributed by atoms with Crippen LogP contribution in [0.3, 0.4) is 0 Å². The van der Waals surface area contributed by atoms with Crippen molar-refractivity contribution < 1.29 is 14.7 Å². The number of hydrogen-bond donors (Lipinski definition) is 1. The van der Waals surface area contributed by atoms with E-state index in [1.54, 1.807) is 10.9 Å². The smallest absolute Gasteiger partial charge is 0.326 e. The highest BCUT2D eigenvalue weighted by molar-refractivity contribution is 5.95. The van der Waals surface area contributed by atoms with E-state index in [-0.39, 0.29) is 5.91 Å². The summed E-state index contributed by atoms with van der Waals surface area (Å²) in [6.45, 7) is 4.04. The van der Waals surface area contributed by atoms with E-state index in [1.165, 1.54) is 25.1 Å². The summed E-state index contributed by atoms with van der Waals surface area (Å²) in [5.74, 6) is -1.37. The number of carboxylic acids is 1. The Hall–Kier alpha value is -1.85. The lowest BCUT2D eigenvalue weighted by Crippen LogP contribution is -2.40. The third-order valence-corrected chi connectivity index (χ3v) is 2.46. The number of rotatable bonds is 4. The van der Waals surface area contributed by atoms with Gasteiger partial charge in [-0.3, -0.25) is 9.48 Å². The number of carboxylic acid groups (broad SMARTS) is 1. The van der Waals surface area contributed by atoms with Crippen LogP contribution in [0.15, 0.2) is 12.4 Å².